The third kappa shape index (κ3) is 6.20. The van der Waals surface area contributed by atoms with E-state index in [1.165, 1.54) is 16.8 Å². The molecule has 36 heavy (non-hydrogen) atoms. The minimum atomic E-state index is -3.68. The molecule has 3 aromatic rings. The number of nitrogens with one attached hydrogen (secondary N) is 4. The number of rotatable bonds is 10. The van der Waals surface area contributed by atoms with Gasteiger partial charge in [0.05, 0.1) is 11.2 Å². The Morgan fingerprint density at radius 2 is 1.86 bits per heavy atom. The zero-order chi connectivity index (χ0) is 25.6. The second kappa shape index (κ2) is 11.1. The summed E-state index contributed by atoms with van der Waals surface area (Å²) < 4.78 is 34.2. The van der Waals surface area contributed by atoms with Gasteiger partial charge in [-0.15, -0.1) is 0 Å². The highest BCUT2D eigenvalue weighted by Crippen LogP contribution is 2.20. The number of carbonyl (C=O) groups excluding carboxylic acids is 2. The second-order valence-corrected chi connectivity index (χ2v) is 10.5. The summed E-state index contributed by atoms with van der Waals surface area (Å²) in [6.07, 6.45) is 4.05. The van der Waals surface area contributed by atoms with Crippen LogP contribution in [0.2, 0.25) is 0 Å². The molecule has 0 radical (unpaired) electrons. The molecule has 11 nitrogen and oxygen atoms in total. The molecule has 4 rings (SSSR count). The maximum atomic E-state index is 13.1. The average molecular weight is 515 g/mol. The van der Waals surface area contributed by atoms with E-state index in [1.807, 2.05) is 6.92 Å². The Morgan fingerprint density at radius 3 is 2.56 bits per heavy atom. The number of furan rings is 1. The van der Waals surface area contributed by atoms with Crippen LogP contribution in [0.15, 0.2) is 64.2 Å². The number of carbonyl (C=O) groups is 2. The van der Waals surface area contributed by atoms with Crippen molar-refractivity contribution in [2.45, 2.75) is 36.7 Å². The summed E-state index contributed by atoms with van der Waals surface area (Å²) in [6.45, 7) is 3.06. The summed E-state index contributed by atoms with van der Waals surface area (Å²) in [7, 11) is -3.68. The van der Waals surface area contributed by atoms with Crippen molar-refractivity contribution < 1.29 is 22.4 Å². The van der Waals surface area contributed by atoms with Crippen molar-refractivity contribution in [1.82, 2.24) is 30.5 Å². The normalized spacial score (nSPS) is 15.4. The molecular weight excluding hydrogens is 484 g/mol. The van der Waals surface area contributed by atoms with Crippen molar-refractivity contribution in [2.24, 2.45) is 0 Å². The van der Waals surface area contributed by atoms with Gasteiger partial charge in [0.25, 0.3) is 0 Å². The fraction of sp³-hybridized carbons (Fsp3) is 0.375. The Kier molecular flexibility index (Phi) is 7.87. The van der Waals surface area contributed by atoms with Crippen molar-refractivity contribution >= 4 is 21.8 Å². The van der Waals surface area contributed by atoms with Gasteiger partial charge in [0.1, 0.15) is 17.8 Å². The highest BCUT2D eigenvalue weighted by Gasteiger charge is 2.40. The number of hydrogen-bond donors (Lipinski definition) is 4. The predicted molar refractivity (Wildman–Crippen MR) is 132 cm³/mol. The summed E-state index contributed by atoms with van der Waals surface area (Å²) in [5, 5.41) is 13.2. The van der Waals surface area contributed by atoms with Gasteiger partial charge in [-0.05, 0) is 63.2 Å². The van der Waals surface area contributed by atoms with E-state index in [0.29, 0.717) is 37.4 Å². The first-order chi connectivity index (χ1) is 17.3. The van der Waals surface area contributed by atoms with Crippen LogP contribution in [-0.2, 0) is 26.2 Å². The van der Waals surface area contributed by atoms with Crippen molar-refractivity contribution in [3.63, 3.8) is 0 Å². The third-order valence-corrected chi connectivity index (χ3v) is 7.50. The van der Waals surface area contributed by atoms with E-state index in [1.54, 1.807) is 42.8 Å². The monoisotopic (exact) mass is 514 g/mol. The molecule has 1 aromatic carbocycles. The first-order valence-electron chi connectivity index (χ1n) is 11.7. The number of amides is 2. The van der Waals surface area contributed by atoms with Gasteiger partial charge in [-0.1, -0.05) is 17.7 Å². The first kappa shape index (κ1) is 25.6. The molecule has 0 aliphatic carbocycles. The predicted octanol–water partition coefficient (Wildman–Crippen LogP) is 0.785. The second-order valence-electron chi connectivity index (χ2n) is 8.72. The summed E-state index contributed by atoms with van der Waals surface area (Å²) in [5.74, 6) is -0.0915. The molecule has 3 heterocycles. The third-order valence-electron chi connectivity index (χ3n) is 6.02. The molecule has 12 heteroatoms. The molecule has 0 atom stereocenters. The van der Waals surface area contributed by atoms with E-state index >= 15 is 0 Å². The van der Waals surface area contributed by atoms with Gasteiger partial charge in [0, 0.05) is 19.3 Å². The quantitative estimate of drug-likeness (QED) is 0.292. The van der Waals surface area contributed by atoms with Crippen LogP contribution in [0.4, 0.5) is 0 Å². The molecule has 2 aromatic heterocycles. The summed E-state index contributed by atoms with van der Waals surface area (Å²) >= 11 is 0. The molecule has 192 valence electrons. The molecule has 4 N–H and O–H groups in total. The van der Waals surface area contributed by atoms with Gasteiger partial charge < -0.3 is 20.4 Å². The number of sulfonamides is 1. The van der Waals surface area contributed by atoms with Gasteiger partial charge in [-0.3, -0.25) is 14.3 Å². The zero-order valence-corrected chi connectivity index (χ0v) is 20.8. The number of piperidine rings is 1. The molecule has 0 spiro atoms. The van der Waals surface area contributed by atoms with E-state index in [0.717, 1.165) is 5.56 Å². The van der Waals surface area contributed by atoms with Crippen LogP contribution in [0.5, 0.6) is 0 Å². The number of aryl methyl sites for hydroxylation is 1. The van der Waals surface area contributed by atoms with Crippen LogP contribution in [-0.4, -0.2) is 61.7 Å². The minimum absolute atomic E-state index is 0.0209. The number of benzene rings is 1. The Balaban J connectivity index is 1.32. The smallest absolute Gasteiger partial charge is 0.245 e. The van der Waals surface area contributed by atoms with Crippen molar-refractivity contribution in [1.29, 1.82) is 0 Å². The Morgan fingerprint density at radius 1 is 1.11 bits per heavy atom. The van der Waals surface area contributed by atoms with E-state index in [9.17, 15) is 18.0 Å². The average Bonchev–Trinajstić information content (AvgIpc) is 3.55. The molecule has 0 unspecified atom stereocenters. The summed E-state index contributed by atoms with van der Waals surface area (Å²) in [5.41, 5.74) is 0.478. The van der Waals surface area contributed by atoms with Crippen LogP contribution < -0.4 is 20.7 Å². The van der Waals surface area contributed by atoms with Crippen LogP contribution >= 0.6 is 0 Å². The first-order valence-corrected chi connectivity index (χ1v) is 13.2. The van der Waals surface area contributed by atoms with E-state index in [-0.39, 0.29) is 36.3 Å². The van der Waals surface area contributed by atoms with Gasteiger partial charge >= 0.3 is 0 Å². The molecule has 1 aliphatic rings. The lowest BCUT2D eigenvalue weighted by atomic mass is 9.87. The lowest BCUT2D eigenvalue weighted by Crippen LogP contribution is -2.63. The largest absolute Gasteiger partial charge is 0.463 e. The molecule has 0 saturated carbocycles. The molecule has 0 bridgehead atoms. The van der Waals surface area contributed by atoms with Crippen LogP contribution in [0.1, 0.15) is 18.4 Å². The summed E-state index contributed by atoms with van der Waals surface area (Å²) in [6, 6.07) is 11.8. The molecular formula is C24H30N6O5S. The van der Waals surface area contributed by atoms with Gasteiger partial charge in [-0.25, -0.2) is 13.1 Å². The molecule has 1 aliphatic heterocycles. The maximum absolute atomic E-state index is 13.1. The van der Waals surface area contributed by atoms with Crippen LogP contribution in [0.25, 0.3) is 11.5 Å². The van der Waals surface area contributed by atoms with Crippen molar-refractivity contribution in [3.8, 4) is 11.5 Å². The number of aromatic nitrogens is 2. The Bertz CT molecular complexity index is 1280. The standard InChI is InChI=1S/C24H30N6O5S/c1-18-4-6-19(7-5-18)36(33,34)27-14-13-26-23(32)24(9-11-25-12-10-24)28-22(31)17-30-15-8-20(29-30)21-3-2-16-35-21/h2-8,15-16,25,27H,9-14,17H2,1H3,(H,26,32)(H,28,31). The topological polar surface area (TPSA) is 147 Å². The van der Waals surface area contributed by atoms with Gasteiger partial charge in [-0.2, -0.15) is 5.10 Å². The summed E-state index contributed by atoms with van der Waals surface area (Å²) in [4.78, 5) is 26.1. The Hall–Kier alpha value is -3.48. The highest BCUT2D eigenvalue weighted by atomic mass is 32.2. The minimum Gasteiger partial charge on any atom is -0.463 e. The lowest BCUT2D eigenvalue weighted by molar-refractivity contribution is -0.135. The number of nitrogens with zero attached hydrogens (tertiary/aromatic N) is 2. The van der Waals surface area contributed by atoms with Crippen molar-refractivity contribution in [2.75, 3.05) is 26.2 Å². The fourth-order valence-corrected chi connectivity index (χ4v) is 5.08. The Labute approximate surface area is 209 Å². The van der Waals surface area contributed by atoms with Crippen molar-refractivity contribution in [3.05, 3.63) is 60.5 Å². The lowest BCUT2D eigenvalue weighted by Gasteiger charge is -2.37. The fourth-order valence-electron chi connectivity index (χ4n) is 4.05. The SMILES string of the molecule is Cc1ccc(S(=O)(=O)NCCNC(=O)C2(NC(=O)Cn3ccc(-c4ccco4)n3)CCNCC2)cc1. The van der Waals surface area contributed by atoms with Gasteiger partial charge in [0.2, 0.25) is 21.8 Å². The molecule has 2 amide bonds. The van der Waals surface area contributed by atoms with E-state index in [4.69, 9.17) is 4.42 Å². The number of hydrogen-bond acceptors (Lipinski definition) is 7. The van der Waals surface area contributed by atoms with E-state index < -0.39 is 15.6 Å². The molecule has 1 fully saturated rings. The van der Waals surface area contributed by atoms with Gasteiger partial charge in [0.15, 0.2) is 5.76 Å². The maximum Gasteiger partial charge on any atom is 0.245 e. The van der Waals surface area contributed by atoms with E-state index in [2.05, 4.69) is 25.8 Å². The highest BCUT2D eigenvalue weighted by molar-refractivity contribution is 7.89. The zero-order valence-electron chi connectivity index (χ0n) is 20.0. The van der Waals surface area contributed by atoms with Crippen LogP contribution in [0.3, 0.4) is 0 Å². The van der Waals surface area contributed by atoms with Crippen LogP contribution in [0, 0.1) is 6.92 Å². The molecule has 1 saturated heterocycles.